The van der Waals surface area contributed by atoms with E-state index in [1.165, 1.54) is 0 Å². The van der Waals surface area contributed by atoms with E-state index in [0.29, 0.717) is 6.42 Å². The summed E-state index contributed by atoms with van der Waals surface area (Å²) >= 11 is 1.66. The van der Waals surface area contributed by atoms with E-state index in [9.17, 15) is 0 Å². The van der Waals surface area contributed by atoms with Crippen LogP contribution in [0.4, 0.5) is 5.69 Å². The maximum atomic E-state index is 9.10. The van der Waals surface area contributed by atoms with Gasteiger partial charge in [0.25, 0.3) is 0 Å². The Hall–Kier alpha value is -1.40. The van der Waals surface area contributed by atoms with Crippen molar-refractivity contribution in [2.75, 3.05) is 23.8 Å². The molecule has 118 valence electrons. The third kappa shape index (κ3) is 4.54. The van der Waals surface area contributed by atoms with Gasteiger partial charge in [-0.05, 0) is 38.2 Å². The summed E-state index contributed by atoms with van der Waals surface area (Å²) in [7, 11) is 0. The third-order valence-electron chi connectivity index (χ3n) is 3.16. The van der Waals surface area contributed by atoms with E-state index in [-0.39, 0.29) is 18.5 Å². The van der Waals surface area contributed by atoms with Gasteiger partial charge in [-0.25, -0.2) is 0 Å². The van der Waals surface area contributed by atoms with Crippen molar-refractivity contribution in [1.29, 1.82) is 0 Å². The molecule has 0 unspecified atom stereocenters. The van der Waals surface area contributed by atoms with E-state index in [4.69, 9.17) is 16.0 Å². The Kier molecular flexibility index (Phi) is 7.39. The van der Waals surface area contributed by atoms with Crippen molar-refractivity contribution in [3.63, 3.8) is 0 Å². The van der Waals surface area contributed by atoms with Crippen molar-refractivity contribution in [1.82, 2.24) is 0 Å². The van der Waals surface area contributed by atoms with Crippen LogP contribution in [-0.4, -0.2) is 41.1 Å². The average Bonchev–Trinajstić information content (AvgIpc) is 2.47. The zero-order chi connectivity index (χ0) is 15.8. The Morgan fingerprint density at radius 1 is 1.43 bits per heavy atom. The Morgan fingerprint density at radius 3 is 2.67 bits per heavy atom. The average molecular weight is 311 g/mol. The van der Waals surface area contributed by atoms with Crippen LogP contribution in [-0.2, 0) is 0 Å². The molecule has 5 nitrogen and oxygen atoms in total. The van der Waals surface area contributed by atoms with Gasteiger partial charge in [0, 0.05) is 29.8 Å². The molecule has 4 N–H and O–H groups in total. The minimum atomic E-state index is 0.121. The smallest absolute Gasteiger partial charge is 0.173 e. The lowest BCUT2D eigenvalue weighted by molar-refractivity contribution is 0.288. The Balaban J connectivity index is 3.34. The highest BCUT2D eigenvalue weighted by atomic mass is 32.2. The molecule has 0 aliphatic rings. The SMILES string of the molecule is CCSc1cccc(N(CCCO)C(C)C)c1/C(N)=N/O. The molecule has 21 heavy (non-hydrogen) atoms. The molecule has 0 saturated heterocycles. The molecule has 0 atom stereocenters. The number of aliphatic hydroxyl groups excluding tert-OH is 1. The van der Waals surface area contributed by atoms with Gasteiger partial charge in [0.1, 0.15) is 0 Å². The molecule has 0 saturated carbocycles. The Morgan fingerprint density at radius 2 is 2.14 bits per heavy atom. The second-order valence-corrected chi connectivity index (χ2v) is 6.24. The van der Waals surface area contributed by atoms with Gasteiger partial charge < -0.3 is 20.9 Å². The fourth-order valence-electron chi connectivity index (χ4n) is 2.24. The molecule has 1 aromatic rings. The van der Waals surface area contributed by atoms with E-state index in [0.717, 1.165) is 28.4 Å². The molecule has 1 rings (SSSR count). The summed E-state index contributed by atoms with van der Waals surface area (Å²) in [6, 6.07) is 6.19. The van der Waals surface area contributed by atoms with E-state index < -0.39 is 0 Å². The second kappa shape index (κ2) is 8.79. The standard InChI is InChI=1S/C15H25N3O2S/c1-4-21-13-8-5-7-12(14(13)15(16)17-20)18(11(2)3)9-6-10-19/h5,7-8,11,19-20H,4,6,9-10H2,1-3H3,(H2,16,17). The first kappa shape index (κ1) is 17.7. The highest BCUT2D eigenvalue weighted by Crippen LogP contribution is 2.32. The van der Waals surface area contributed by atoms with Crippen LogP contribution in [0.2, 0.25) is 0 Å². The molecular formula is C15H25N3O2S. The molecule has 0 heterocycles. The lowest BCUT2D eigenvalue weighted by Crippen LogP contribution is -2.34. The number of hydrogen-bond donors (Lipinski definition) is 3. The minimum Gasteiger partial charge on any atom is -0.409 e. The fraction of sp³-hybridized carbons (Fsp3) is 0.533. The summed E-state index contributed by atoms with van der Waals surface area (Å²) in [5.74, 6) is 1.03. The quantitative estimate of drug-likeness (QED) is 0.226. The molecule has 6 heteroatoms. The lowest BCUT2D eigenvalue weighted by Gasteiger charge is -2.31. The topological polar surface area (TPSA) is 82.1 Å². The zero-order valence-electron chi connectivity index (χ0n) is 12.9. The van der Waals surface area contributed by atoms with Gasteiger partial charge in [-0.2, -0.15) is 0 Å². The zero-order valence-corrected chi connectivity index (χ0v) is 13.7. The number of amidine groups is 1. The maximum Gasteiger partial charge on any atom is 0.173 e. The Bertz CT molecular complexity index is 478. The minimum absolute atomic E-state index is 0.121. The molecule has 0 radical (unpaired) electrons. The van der Waals surface area contributed by atoms with Gasteiger partial charge in [0.15, 0.2) is 5.84 Å². The van der Waals surface area contributed by atoms with Gasteiger partial charge in [0.2, 0.25) is 0 Å². The van der Waals surface area contributed by atoms with Crippen molar-refractivity contribution in [3.05, 3.63) is 23.8 Å². The van der Waals surface area contributed by atoms with Gasteiger partial charge in [-0.15, -0.1) is 11.8 Å². The predicted molar refractivity (Wildman–Crippen MR) is 89.5 cm³/mol. The van der Waals surface area contributed by atoms with E-state index in [2.05, 4.69) is 30.8 Å². The van der Waals surface area contributed by atoms with Crippen LogP contribution in [0.5, 0.6) is 0 Å². The molecule has 1 aromatic carbocycles. The number of anilines is 1. The normalized spacial score (nSPS) is 12.0. The van der Waals surface area contributed by atoms with Gasteiger partial charge in [0.05, 0.1) is 5.56 Å². The first-order valence-electron chi connectivity index (χ1n) is 7.18. The van der Waals surface area contributed by atoms with E-state index >= 15 is 0 Å². The lowest BCUT2D eigenvalue weighted by atomic mass is 10.1. The monoisotopic (exact) mass is 311 g/mol. The van der Waals surface area contributed by atoms with Crippen molar-refractivity contribution >= 4 is 23.3 Å². The fourth-order valence-corrected chi connectivity index (χ4v) is 3.08. The van der Waals surface area contributed by atoms with Crippen molar-refractivity contribution in [2.24, 2.45) is 10.9 Å². The first-order chi connectivity index (χ1) is 10.1. The number of rotatable bonds is 8. The van der Waals surface area contributed by atoms with Crippen LogP contribution in [0, 0.1) is 0 Å². The van der Waals surface area contributed by atoms with Crippen LogP contribution in [0.15, 0.2) is 28.3 Å². The molecule has 0 bridgehead atoms. The van der Waals surface area contributed by atoms with Gasteiger partial charge >= 0.3 is 0 Å². The molecule has 0 amide bonds. The molecule has 0 aromatic heterocycles. The van der Waals surface area contributed by atoms with Gasteiger partial charge in [-0.1, -0.05) is 18.1 Å². The van der Waals surface area contributed by atoms with Crippen molar-refractivity contribution in [3.8, 4) is 0 Å². The van der Waals surface area contributed by atoms with Crippen LogP contribution in [0.25, 0.3) is 0 Å². The number of hydrogen-bond acceptors (Lipinski definition) is 5. The first-order valence-corrected chi connectivity index (χ1v) is 8.16. The summed E-state index contributed by atoms with van der Waals surface area (Å²) in [4.78, 5) is 3.17. The predicted octanol–water partition coefficient (Wildman–Crippen LogP) is 2.49. The molecule has 0 spiro atoms. The molecule has 0 aliphatic carbocycles. The molecular weight excluding hydrogens is 286 g/mol. The number of thioether (sulfide) groups is 1. The van der Waals surface area contributed by atoms with E-state index in [1.807, 2.05) is 18.2 Å². The second-order valence-electron chi connectivity index (χ2n) is 4.93. The van der Waals surface area contributed by atoms with Crippen molar-refractivity contribution < 1.29 is 10.3 Å². The summed E-state index contributed by atoms with van der Waals surface area (Å²) < 4.78 is 0. The van der Waals surface area contributed by atoms with Crippen LogP contribution >= 0.6 is 11.8 Å². The number of nitrogens with two attached hydrogens (primary N) is 1. The highest BCUT2D eigenvalue weighted by molar-refractivity contribution is 7.99. The Labute approximate surface area is 130 Å². The number of oxime groups is 1. The van der Waals surface area contributed by atoms with Crippen LogP contribution in [0.3, 0.4) is 0 Å². The largest absolute Gasteiger partial charge is 0.409 e. The number of nitrogens with zero attached hydrogens (tertiary/aromatic N) is 2. The highest BCUT2D eigenvalue weighted by Gasteiger charge is 2.19. The summed E-state index contributed by atoms with van der Waals surface area (Å²) in [5.41, 5.74) is 7.60. The molecule has 0 aliphatic heterocycles. The van der Waals surface area contributed by atoms with E-state index in [1.54, 1.807) is 11.8 Å². The van der Waals surface area contributed by atoms with Crippen LogP contribution < -0.4 is 10.6 Å². The number of benzene rings is 1. The van der Waals surface area contributed by atoms with Gasteiger partial charge in [-0.3, -0.25) is 0 Å². The summed E-state index contributed by atoms with van der Waals surface area (Å²) in [5, 5.41) is 21.4. The number of aliphatic hydroxyl groups is 1. The molecule has 0 fully saturated rings. The van der Waals surface area contributed by atoms with Crippen LogP contribution in [0.1, 0.15) is 32.8 Å². The third-order valence-corrected chi connectivity index (χ3v) is 4.10. The summed E-state index contributed by atoms with van der Waals surface area (Å²) in [6.07, 6.45) is 0.680. The maximum absolute atomic E-state index is 9.10. The van der Waals surface area contributed by atoms with Crippen molar-refractivity contribution in [2.45, 2.75) is 38.1 Å². The summed E-state index contributed by atoms with van der Waals surface area (Å²) in [6.45, 7) is 7.12.